The number of terminal acetylenes is 1. The van der Waals surface area contributed by atoms with Crippen LogP contribution in [0.1, 0.15) is 17.3 Å². The molecule has 0 aliphatic rings. The van der Waals surface area contributed by atoms with Crippen molar-refractivity contribution in [1.29, 1.82) is 0 Å². The maximum absolute atomic E-state index is 12.9. The number of rotatable bonds is 3. The zero-order valence-electron chi connectivity index (χ0n) is 8.84. The van der Waals surface area contributed by atoms with E-state index in [9.17, 15) is 9.18 Å². The summed E-state index contributed by atoms with van der Waals surface area (Å²) in [5.74, 6) is 1.83. The quantitative estimate of drug-likeness (QED) is 0.781. The van der Waals surface area contributed by atoms with Crippen LogP contribution in [0.25, 0.3) is 0 Å². The molecular weight excluding hydrogens is 273 g/mol. The molecular formula is C12H11BrFNO. The minimum absolute atomic E-state index is 0.202. The summed E-state index contributed by atoms with van der Waals surface area (Å²) in [7, 11) is 0. The Bertz CT molecular complexity index is 439. The highest BCUT2D eigenvalue weighted by Crippen LogP contribution is 2.19. The van der Waals surface area contributed by atoms with Crippen molar-refractivity contribution in [2.24, 2.45) is 0 Å². The normalized spacial score (nSPS) is 9.62. The van der Waals surface area contributed by atoms with Crippen molar-refractivity contribution < 1.29 is 9.18 Å². The predicted octanol–water partition coefficient (Wildman–Crippen LogP) is 2.68. The minimum atomic E-state index is -0.386. The molecule has 4 heteroatoms. The summed E-state index contributed by atoms with van der Waals surface area (Å²) in [4.78, 5) is 13.5. The van der Waals surface area contributed by atoms with Gasteiger partial charge in [0.25, 0.3) is 5.91 Å². The molecule has 16 heavy (non-hydrogen) atoms. The van der Waals surface area contributed by atoms with Crippen molar-refractivity contribution in [1.82, 2.24) is 4.90 Å². The number of benzene rings is 1. The molecule has 0 aliphatic heterocycles. The molecule has 0 atom stereocenters. The smallest absolute Gasteiger partial charge is 0.255 e. The predicted molar refractivity (Wildman–Crippen MR) is 64.5 cm³/mol. The van der Waals surface area contributed by atoms with Crippen molar-refractivity contribution in [3.8, 4) is 12.3 Å². The lowest BCUT2D eigenvalue weighted by atomic mass is 10.2. The number of hydrogen-bond acceptors (Lipinski definition) is 1. The fourth-order valence-electron chi connectivity index (χ4n) is 1.27. The van der Waals surface area contributed by atoms with Gasteiger partial charge >= 0.3 is 0 Å². The number of halogens is 2. The van der Waals surface area contributed by atoms with Crippen LogP contribution in [0.5, 0.6) is 0 Å². The van der Waals surface area contributed by atoms with E-state index in [0.717, 1.165) is 0 Å². The molecule has 1 amide bonds. The molecule has 0 aliphatic carbocycles. The third kappa shape index (κ3) is 2.83. The lowest BCUT2D eigenvalue weighted by molar-refractivity contribution is 0.0784. The van der Waals surface area contributed by atoms with Crippen LogP contribution in [0.4, 0.5) is 4.39 Å². The molecule has 0 saturated carbocycles. The van der Waals surface area contributed by atoms with Crippen molar-refractivity contribution in [2.45, 2.75) is 6.92 Å². The van der Waals surface area contributed by atoms with E-state index in [1.54, 1.807) is 0 Å². The van der Waals surface area contributed by atoms with Gasteiger partial charge in [0.2, 0.25) is 0 Å². The van der Waals surface area contributed by atoms with E-state index in [1.807, 2.05) is 6.92 Å². The lowest BCUT2D eigenvalue weighted by Crippen LogP contribution is -2.31. The van der Waals surface area contributed by atoms with Gasteiger partial charge in [-0.3, -0.25) is 4.79 Å². The first-order chi connectivity index (χ1) is 7.60. The van der Waals surface area contributed by atoms with E-state index in [0.29, 0.717) is 16.6 Å². The topological polar surface area (TPSA) is 20.3 Å². The average molecular weight is 284 g/mol. The summed E-state index contributed by atoms with van der Waals surface area (Å²) in [6.07, 6.45) is 5.17. The first-order valence-electron chi connectivity index (χ1n) is 4.78. The first kappa shape index (κ1) is 12.7. The Labute approximate surface area is 103 Å². The molecule has 0 spiro atoms. The zero-order valence-corrected chi connectivity index (χ0v) is 10.4. The van der Waals surface area contributed by atoms with E-state index in [4.69, 9.17) is 6.42 Å². The number of hydrogen-bond donors (Lipinski definition) is 0. The van der Waals surface area contributed by atoms with Gasteiger partial charge in [-0.1, -0.05) is 5.92 Å². The largest absolute Gasteiger partial charge is 0.328 e. The van der Waals surface area contributed by atoms with Gasteiger partial charge in [0, 0.05) is 11.0 Å². The van der Waals surface area contributed by atoms with Gasteiger partial charge in [-0.25, -0.2) is 4.39 Å². The van der Waals surface area contributed by atoms with Crippen LogP contribution >= 0.6 is 15.9 Å². The molecule has 1 aromatic carbocycles. The Hall–Kier alpha value is -1.34. The fourth-order valence-corrected chi connectivity index (χ4v) is 1.79. The molecule has 1 aromatic rings. The van der Waals surface area contributed by atoms with Gasteiger partial charge in [0.15, 0.2) is 0 Å². The number of carbonyl (C=O) groups excluding carboxylic acids is 1. The van der Waals surface area contributed by atoms with Crippen molar-refractivity contribution in [2.75, 3.05) is 13.1 Å². The summed E-state index contributed by atoms with van der Waals surface area (Å²) in [5.41, 5.74) is 0.415. The van der Waals surface area contributed by atoms with Crippen LogP contribution in [-0.4, -0.2) is 23.9 Å². The molecule has 0 aromatic heterocycles. The van der Waals surface area contributed by atoms with Crippen LogP contribution in [0.2, 0.25) is 0 Å². The number of amides is 1. The third-order valence-electron chi connectivity index (χ3n) is 2.11. The maximum atomic E-state index is 12.9. The van der Waals surface area contributed by atoms with Gasteiger partial charge in [0.05, 0.1) is 12.1 Å². The second kappa shape index (κ2) is 5.66. The molecule has 2 nitrogen and oxygen atoms in total. The van der Waals surface area contributed by atoms with Crippen LogP contribution in [0.15, 0.2) is 22.7 Å². The summed E-state index contributed by atoms with van der Waals surface area (Å²) in [6.45, 7) is 2.61. The molecule has 0 radical (unpaired) electrons. The SMILES string of the molecule is C#CCN(CC)C(=O)c1ccc(F)cc1Br. The van der Waals surface area contributed by atoms with Gasteiger partial charge < -0.3 is 4.90 Å². The molecule has 1 rings (SSSR count). The van der Waals surface area contributed by atoms with E-state index in [-0.39, 0.29) is 18.3 Å². The van der Waals surface area contributed by atoms with Gasteiger partial charge in [0.1, 0.15) is 5.82 Å². The summed E-state index contributed by atoms with van der Waals surface area (Å²) in [6, 6.07) is 3.96. The van der Waals surface area contributed by atoms with E-state index < -0.39 is 0 Å². The standard InChI is InChI=1S/C12H11BrFNO/c1-3-7-15(4-2)12(16)10-6-5-9(14)8-11(10)13/h1,5-6,8H,4,7H2,2H3. The van der Waals surface area contributed by atoms with Crippen LogP contribution < -0.4 is 0 Å². The van der Waals surface area contributed by atoms with E-state index in [1.165, 1.54) is 23.1 Å². The Morgan fingerprint density at radius 1 is 1.62 bits per heavy atom. The van der Waals surface area contributed by atoms with Crippen molar-refractivity contribution >= 4 is 21.8 Å². The van der Waals surface area contributed by atoms with Gasteiger partial charge in [-0.2, -0.15) is 0 Å². The maximum Gasteiger partial charge on any atom is 0.255 e. The molecule has 0 heterocycles. The Morgan fingerprint density at radius 2 is 2.31 bits per heavy atom. The highest BCUT2D eigenvalue weighted by molar-refractivity contribution is 9.10. The third-order valence-corrected chi connectivity index (χ3v) is 2.77. The van der Waals surface area contributed by atoms with Gasteiger partial charge in [-0.15, -0.1) is 6.42 Å². The van der Waals surface area contributed by atoms with Crippen LogP contribution in [0, 0.1) is 18.2 Å². The zero-order chi connectivity index (χ0) is 12.1. The highest BCUT2D eigenvalue weighted by atomic mass is 79.9. The Balaban J connectivity index is 3.00. The monoisotopic (exact) mass is 283 g/mol. The molecule has 0 unspecified atom stereocenters. The second-order valence-corrected chi connectivity index (χ2v) is 4.00. The Morgan fingerprint density at radius 3 is 2.81 bits per heavy atom. The summed E-state index contributed by atoms with van der Waals surface area (Å²) < 4.78 is 13.3. The molecule has 0 fully saturated rings. The fraction of sp³-hybridized carbons (Fsp3) is 0.250. The molecule has 0 N–H and O–H groups in total. The lowest BCUT2D eigenvalue weighted by Gasteiger charge is -2.18. The first-order valence-corrected chi connectivity index (χ1v) is 5.57. The summed E-state index contributed by atoms with van der Waals surface area (Å²) >= 11 is 3.16. The number of nitrogens with zero attached hydrogens (tertiary/aromatic N) is 1. The van der Waals surface area contributed by atoms with E-state index >= 15 is 0 Å². The van der Waals surface area contributed by atoms with Crippen LogP contribution in [-0.2, 0) is 0 Å². The second-order valence-electron chi connectivity index (χ2n) is 3.15. The molecule has 84 valence electrons. The van der Waals surface area contributed by atoms with Gasteiger partial charge in [-0.05, 0) is 41.1 Å². The Kier molecular flexibility index (Phi) is 4.51. The molecule has 0 saturated heterocycles. The van der Waals surface area contributed by atoms with E-state index in [2.05, 4.69) is 21.9 Å². The highest BCUT2D eigenvalue weighted by Gasteiger charge is 2.16. The van der Waals surface area contributed by atoms with Crippen molar-refractivity contribution in [3.63, 3.8) is 0 Å². The summed E-state index contributed by atoms with van der Waals surface area (Å²) in [5, 5.41) is 0. The van der Waals surface area contributed by atoms with Crippen LogP contribution in [0.3, 0.4) is 0 Å². The molecule has 0 bridgehead atoms. The minimum Gasteiger partial charge on any atom is -0.328 e. The number of carbonyl (C=O) groups is 1. The van der Waals surface area contributed by atoms with Crippen molar-refractivity contribution in [3.05, 3.63) is 34.1 Å². The average Bonchev–Trinajstić information content (AvgIpc) is 2.25.